The summed E-state index contributed by atoms with van der Waals surface area (Å²) >= 11 is 3.36. The minimum Gasteiger partial charge on any atom is -0.454 e. The second kappa shape index (κ2) is 5.58. The Hall–Kier alpha value is -0.950. The van der Waals surface area contributed by atoms with Crippen LogP contribution in [0.2, 0.25) is 0 Å². The van der Waals surface area contributed by atoms with E-state index in [4.69, 9.17) is 9.47 Å². The summed E-state index contributed by atoms with van der Waals surface area (Å²) in [5, 5.41) is 2.84. The zero-order valence-corrected chi connectivity index (χ0v) is 11.8. The molecule has 1 unspecified atom stereocenters. The van der Waals surface area contributed by atoms with Crippen molar-refractivity contribution in [2.75, 3.05) is 6.79 Å². The highest BCUT2D eigenvalue weighted by Gasteiger charge is 2.29. The van der Waals surface area contributed by atoms with Gasteiger partial charge in [0.2, 0.25) is 6.79 Å². The molecule has 0 fully saturated rings. The molecule has 1 heterocycles. The molecule has 7 heteroatoms. The molecule has 1 aliphatic heterocycles. The highest BCUT2D eigenvalue weighted by atomic mass is 79.9. The minimum absolute atomic E-state index is 0.170. The third kappa shape index (κ3) is 4.01. The van der Waals surface area contributed by atoms with E-state index in [1.165, 1.54) is 6.92 Å². The Morgan fingerprint density at radius 1 is 1.32 bits per heavy atom. The van der Waals surface area contributed by atoms with Crippen LogP contribution in [0.4, 0.5) is 13.2 Å². The molecule has 106 valence electrons. The highest BCUT2D eigenvalue weighted by molar-refractivity contribution is 9.10. The van der Waals surface area contributed by atoms with Gasteiger partial charge in [-0.15, -0.1) is 0 Å². The van der Waals surface area contributed by atoms with E-state index in [0.717, 1.165) is 10.0 Å². The van der Waals surface area contributed by atoms with Gasteiger partial charge >= 0.3 is 6.18 Å². The number of halogens is 4. The summed E-state index contributed by atoms with van der Waals surface area (Å²) in [5.74, 6) is 1.25. The van der Waals surface area contributed by atoms with Gasteiger partial charge in [-0.1, -0.05) is 15.9 Å². The molecular formula is C12H13BrF3NO2. The van der Waals surface area contributed by atoms with Crippen LogP contribution in [-0.4, -0.2) is 19.0 Å². The molecule has 0 aromatic heterocycles. The van der Waals surface area contributed by atoms with Crippen molar-refractivity contribution in [3.8, 4) is 11.5 Å². The quantitative estimate of drug-likeness (QED) is 0.908. The molecule has 1 atom stereocenters. The largest absolute Gasteiger partial charge is 0.454 e. The number of nitrogens with one attached hydrogen (secondary N) is 1. The number of hydrogen-bond donors (Lipinski definition) is 1. The Balaban J connectivity index is 1.96. The van der Waals surface area contributed by atoms with Gasteiger partial charge in [-0.3, -0.25) is 0 Å². The zero-order valence-electron chi connectivity index (χ0n) is 10.2. The lowest BCUT2D eigenvalue weighted by molar-refractivity contribution is -0.139. The Morgan fingerprint density at radius 2 is 1.95 bits per heavy atom. The maximum atomic E-state index is 12.2. The van der Waals surface area contributed by atoms with Gasteiger partial charge in [-0.2, -0.15) is 13.2 Å². The van der Waals surface area contributed by atoms with Crippen molar-refractivity contribution in [1.82, 2.24) is 5.32 Å². The fourth-order valence-electron chi connectivity index (χ4n) is 1.80. The van der Waals surface area contributed by atoms with Crippen molar-refractivity contribution in [3.05, 3.63) is 22.2 Å². The van der Waals surface area contributed by atoms with Gasteiger partial charge < -0.3 is 14.8 Å². The SMILES string of the molecule is CC(CC(F)(F)F)NCc1cc2c(cc1Br)OCO2. The van der Waals surface area contributed by atoms with Gasteiger partial charge in [0.05, 0.1) is 6.42 Å². The Bertz CT molecular complexity index is 465. The number of benzene rings is 1. The number of hydrogen-bond acceptors (Lipinski definition) is 3. The van der Waals surface area contributed by atoms with E-state index in [0.29, 0.717) is 18.0 Å². The van der Waals surface area contributed by atoms with E-state index >= 15 is 0 Å². The van der Waals surface area contributed by atoms with Crippen LogP contribution in [0.5, 0.6) is 11.5 Å². The summed E-state index contributed by atoms with van der Waals surface area (Å²) in [6, 6.07) is 2.88. The Labute approximate surface area is 117 Å². The van der Waals surface area contributed by atoms with Gasteiger partial charge in [0.25, 0.3) is 0 Å². The van der Waals surface area contributed by atoms with Crippen molar-refractivity contribution in [3.63, 3.8) is 0 Å². The normalized spacial score (nSPS) is 15.6. The lowest BCUT2D eigenvalue weighted by Crippen LogP contribution is -2.30. The van der Waals surface area contributed by atoms with Crippen molar-refractivity contribution < 1.29 is 22.6 Å². The maximum absolute atomic E-state index is 12.2. The van der Waals surface area contributed by atoms with Gasteiger partial charge in [-0.25, -0.2) is 0 Å². The summed E-state index contributed by atoms with van der Waals surface area (Å²) in [7, 11) is 0. The molecule has 0 aliphatic carbocycles. The van der Waals surface area contributed by atoms with Crippen molar-refractivity contribution >= 4 is 15.9 Å². The van der Waals surface area contributed by atoms with Crippen LogP contribution in [0, 0.1) is 0 Å². The van der Waals surface area contributed by atoms with E-state index in [-0.39, 0.29) is 6.79 Å². The number of fused-ring (bicyclic) bond motifs is 1. The van der Waals surface area contributed by atoms with Crippen molar-refractivity contribution in [2.24, 2.45) is 0 Å². The second-order valence-electron chi connectivity index (χ2n) is 4.40. The smallest absolute Gasteiger partial charge is 0.390 e. The lowest BCUT2D eigenvalue weighted by Gasteiger charge is -2.16. The van der Waals surface area contributed by atoms with E-state index < -0.39 is 18.6 Å². The number of rotatable bonds is 4. The molecule has 0 amide bonds. The highest BCUT2D eigenvalue weighted by Crippen LogP contribution is 2.36. The zero-order chi connectivity index (χ0) is 14.0. The third-order valence-corrected chi connectivity index (χ3v) is 3.46. The second-order valence-corrected chi connectivity index (χ2v) is 5.25. The van der Waals surface area contributed by atoms with Crippen LogP contribution in [0.3, 0.4) is 0 Å². The molecule has 0 radical (unpaired) electrons. The van der Waals surface area contributed by atoms with Crippen LogP contribution < -0.4 is 14.8 Å². The monoisotopic (exact) mass is 339 g/mol. The third-order valence-electron chi connectivity index (χ3n) is 2.72. The summed E-state index contributed by atoms with van der Waals surface area (Å²) in [6.07, 6.45) is -5.01. The van der Waals surface area contributed by atoms with E-state index in [2.05, 4.69) is 21.2 Å². The van der Waals surface area contributed by atoms with Gasteiger partial charge in [0, 0.05) is 17.1 Å². The van der Waals surface area contributed by atoms with Gasteiger partial charge in [0.1, 0.15) is 0 Å². The Kier molecular flexibility index (Phi) is 4.25. The summed E-state index contributed by atoms with van der Waals surface area (Å²) in [5.41, 5.74) is 0.832. The molecule has 1 aliphatic rings. The number of ether oxygens (including phenoxy) is 2. The standard InChI is InChI=1S/C12H13BrF3NO2/c1-7(4-12(14,15)16)17-5-8-2-10-11(3-9(8)13)19-6-18-10/h2-3,7,17H,4-6H2,1H3. The average molecular weight is 340 g/mol. The predicted octanol–water partition coefficient (Wildman–Crippen LogP) is 3.61. The van der Waals surface area contributed by atoms with Crippen LogP contribution in [-0.2, 0) is 6.54 Å². The average Bonchev–Trinajstić information content (AvgIpc) is 2.70. The molecule has 1 aromatic rings. The maximum Gasteiger partial charge on any atom is 0.390 e. The minimum atomic E-state index is -4.15. The lowest BCUT2D eigenvalue weighted by atomic mass is 10.1. The molecule has 1 N–H and O–H groups in total. The number of alkyl halides is 3. The van der Waals surface area contributed by atoms with Crippen molar-refractivity contribution in [2.45, 2.75) is 32.1 Å². The molecular weight excluding hydrogens is 327 g/mol. The first-order valence-corrected chi connectivity index (χ1v) is 6.52. The summed E-state index contributed by atoms with van der Waals surface area (Å²) in [4.78, 5) is 0. The fraction of sp³-hybridized carbons (Fsp3) is 0.500. The van der Waals surface area contributed by atoms with E-state index in [9.17, 15) is 13.2 Å². The molecule has 3 nitrogen and oxygen atoms in total. The topological polar surface area (TPSA) is 30.5 Å². The molecule has 19 heavy (non-hydrogen) atoms. The first-order valence-electron chi connectivity index (χ1n) is 5.73. The molecule has 0 saturated carbocycles. The fourth-order valence-corrected chi connectivity index (χ4v) is 2.26. The first-order chi connectivity index (χ1) is 8.85. The summed E-state index contributed by atoms with van der Waals surface area (Å²) in [6.45, 7) is 2.01. The van der Waals surface area contributed by atoms with Crippen LogP contribution in [0.25, 0.3) is 0 Å². The van der Waals surface area contributed by atoms with Crippen LogP contribution >= 0.6 is 15.9 Å². The predicted molar refractivity (Wildman–Crippen MR) is 67.2 cm³/mol. The van der Waals surface area contributed by atoms with Crippen LogP contribution in [0.15, 0.2) is 16.6 Å². The first kappa shape index (κ1) is 14.5. The van der Waals surface area contributed by atoms with Gasteiger partial charge in [0.15, 0.2) is 11.5 Å². The Morgan fingerprint density at radius 3 is 2.58 bits per heavy atom. The molecule has 2 rings (SSSR count). The van der Waals surface area contributed by atoms with Crippen molar-refractivity contribution in [1.29, 1.82) is 0 Å². The van der Waals surface area contributed by atoms with E-state index in [1.807, 2.05) is 0 Å². The van der Waals surface area contributed by atoms with Gasteiger partial charge in [-0.05, 0) is 24.6 Å². The van der Waals surface area contributed by atoms with E-state index in [1.54, 1.807) is 12.1 Å². The summed E-state index contributed by atoms with van der Waals surface area (Å²) < 4.78 is 47.8. The molecule has 0 spiro atoms. The molecule has 0 bridgehead atoms. The molecule has 1 aromatic carbocycles. The van der Waals surface area contributed by atoms with Crippen LogP contribution in [0.1, 0.15) is 18.9 Å². The molecule has 0 saturated heterocycles.